The summed E-state index contributed by atoms with van der Waals surface area (Å²) in [5, 5.41) is 7.09. The van der Waals surface area contributed by atoms with E-state index >= 15 is 0 Å². The first kappa shape index (κ1) is 17.3. The van der Waals surface area contributed by atoms with Crippen molar-refractivity contribution in [3.8, 4) is 0 Å². The largest absolute Gasteiger partial charge is 0.321 e. The van der Waals surface area contributed by atoms with E-state index in [9.17, 15) is 14.0 Å². The summed E-state index contributed by atoms with van der Waals surface area (Å²) in [5.41, 5.74) is 1.92. The number of nitrogens with one attached hydrogen (secondary N) is 1. The summed E-state index contributed by atoms with van der Waals surface area (Å²) in [4.78, 5) is 24.5. The number of benzene rings is 1. The molecule has 1 heterocycles. The van der Waals surface area contributed by atoms with Crippen molar-refractivity contribution in [2.75, 3.05) is 5.32 Å². The Kier molecular flexibility index (Phi) is 4.70. The summed E-state index contributed by atoms with van der Waals surface area (Å²) in [7, 11) is 0. The third kappa shape index (κ3) is 3.48. The van der Waals surface area contributed by atoms with Gasteiger partial charge in [-0.15, -0.1) is 0 Å². The number of hydrogen-bond donors (Lipinski definition) is 1. The second-order valence-electron chi connectivity index (χ2n) is 6.62. The number of nitrogens with zero attached hydrogens (tertiary/aromatic N) is 2. The number of aromatic nitrogens is 2. The molecule has 1 amide bonds. The van der Waals surface area contributed by atoms with Gasteiger partial charge in [0.2, 0.25) is 0 Å². The van der Waals surface area contributed by atoms with E-state index < -0.39 is 5.82 Å². The van der Waals surface area contributed by atoms with Crippen molar-refractivity contribution in [2.45, 2.75) is 52.0 Å². The Labute approximate surface area is 146 Å². The summed E-state index contributed by atoms with van der Waals surface area (Å²) in [5.74, 6) is -0.743. The Morgan fingerprint density at radius 1 is 1.36 bits per heavy atom. The van der Waals surface area contributed by atoms with Crippen molar-refractivity contribution >= 4 is 17.4 Å². The highest BCUT2D eigenvalue weighted by molar-refractivity contribution is 6.09. The molecule has 132 valence electrons. The molecule has 0 saturated heterocycles. The molecule has 5 nitrogen and oxygen atoms in total. The molecule has 1 aromatic heterocycles. The Bertz CT molecular complexity index is 824. The number of rotatable bonds is 6. The molecule has 25 heavy (non-hydrogen) atoms. The third-order valence-electron chi connectivity index (χ3n) is 4.66. The summed E-state index contributed by atoms with van der Waals surface area (Å²) in [6.07, 6.45) is 4.57. The second-order valence-corrected chi connectivity index (χ2v) is 6.62. The molecule has 3 rings (SSSR count). The Morgan fingerprint density at radius 2 is 2.08 bits per heavy atom. The van der Waals surface area contributed by atoms with E-state index in [1.807, 2.05) is 4.68 Å². The van der Waals surface area contributed by atoms with Gasteiger partial charge in [-0.1, -0.05) is 6.92 Å². The zero-order valence-electron chi connectivity index (χ0n) is 14.7. The van der Waals surface area contributed by atoms with E-state index in [2.05, 4.69) is 24.3 Å². The van der Waals surface area contributed by atoms with E-state index in [1.54, 1.807) is 6.20 Å². The molecule has 1 N–H and O–H groups in total. The number of amides is 1. The predicted octanol–water partition coefficient (Wildman–Crippen LogP) is 4.33. The third-order valence-corrected chi connectivity index (χ3v) is 4.66. The lowest BCUT2D eigenvalue weighted by Gasteiger charge is -2.15. The van der Waals surface area contributed by atoms with Crippen LogP contribution in [0.25, 0.3) is 0 Å². The van der Waals surface area contributed by atoms with Gasteiger partial charge in [0.25, 0.3) is 5.91 Å². The van der Waals surface area contributed by atoms with Crippen LogP contribution in [0.4, 0.5) is 10.1 Å². The molecular weight excluding hydrogens is 321 g/mol. The molecule has 1 aliphatic rings. The van der Waals surface area contributed by atoms with Gasteiger partial charge in [-0.05, 0) is 51.3 Å². The number of ketones is 1. The topological polar surface area (TPSA) is 64.0 Å². The maximum absolute atomic E-state index is 13.6. The van der Waals surface area contributed by atoms with E-state index in [1.165, 1.54) is 25.1 Å². The van der Waals surface area contributed by atoms with Crippen LogP contribution < -0.4 is 5.32 Å². The van der Waals surface area contributed by atoms with Crippen LogP contribution in [-0.4, -0.2) is 21.5 Å². The Morgan fingerprint density at radius 3 is 2.68 bits per heavy atom. The SMILES string of the molecule is CC[C@@H](C)n1ncc(C(=O)Nc2cc(F)ccc2C(C)=O)c1C1CC1. The predicted molar refractivity (Wildman–Crippen MR) is 93.6 cm³/mol. The first-order valence-electron chi connectivity index (χ1n) is 8.61. The van der Waals surface area contributed by atoms with Crippen LogP contribution in [0.1, 0.15) is 78.4 Å². The quantitative estimate of drug-likeness (QED) is 0.794. The van der Waals surface area contributed by atoms with Crippen molar-refractivity contribution in [2.24, 2.45) is 0 Å². The lowest BCUT2D eigenvalue weighted by Crippen LogP contribution is -2.17. The molecule has 0 radical (unpaired) electrons. The molecule has 6 heteroatoms. The van der Waals surface area contributed by atoms with Crippen LogP contribution in [-0.2, 0) is 0 Å². The fourth-order valence-corrected chi connectivity index (χ4v) is 2.95. The van der Waals surface area contributed by atoms with Gasteiger partial charge in [0.1, 0.15) is 5.82 Å². The summed E-state index contributed by atoms with van der Waals surface area (Å²) in [6.45, 7) is 5.54. The van der Waals surface area contributed by atoms with Crippen LogP contribution in [0.3, 0.4) is 0 Å². The van der Waals surface area contributed by atoms with Gasteiger partial charge in [-0.25, -0.2) is 4.39 Å². The normalized spacial score (nSPS) is 15.0. The highest BCUT2D eigenvalue weighted by Gasteiger charge is 2.33. The van der Waals surface area contributed by atoms with Crippen LogP contribution in [0.2, 0.25) is 0 Å². The van der Waals surface area contributed by atoms with Crippen LogP contribution in [0.5, 0.6) is 0 Å². The molecule has 0 spiro atoms. The zero-order chi connectivity index (χ0) is 18.1. The van der Waals surface area contributed by atoms with Gasteiger partial charge < -0.3 is 5.32 Å². The van der Waals surface area contributed by atoms with E-state index in [0.717, 1.165) is 25.0 Å². The number of carbonyl (C=O) groups is 2. The van der Waals surface area contributed by atoms with Crippen molar-refractivity contribution in [1.82, 2.24) is 9.78 Å². The fraction of sp³-hybridized carbons (Fsp3) is 0.421. The molecular formula is C19H22FN3O2. The first-order chi connectivity index (χ1) is 11.9. The highest BCUT2D eigenvalue weighted by atomic mass is 19.1. The molecule has 1 atom stereocenters. The number of anilines is 1. The van der Waals surface area contributed by atoms with E-state index in [0.29, 0.717) is 11.5 Å². The zero-order valence-corrected chi connectivity index (χ0v) is 14.7. The monoisotopic (exact) mass is 343 g/mol. The van der Waals surface area contributed by atoms with Crippen molar-refractivity contribution < 1.29 is 14.0 Å². The summed E-state index contributed by atoms with van der Waals surface area (Å²) in [6, 6.07) is 3.98. The maximum Gasteiger partial charge on any atom is 0.259 e. The molecule has 0 unspecified atom stereocenters. The summed E-state index contributed by atoms with van der Waals surface area (Å²) < 4.78 is 15.5. The molecule has 1 saturated carbocycles. The van der Waals surface area contributed by atoms with Gasteiger partial charge in [-0.3, -0.25) is 14.3 Å². The van der Waals surface area contributed by atoms with Gasteiger partial charge in [0.05, 0.1) is 23.1 Å². The minimum absolute atomic E-state index is 0.190. The smallest absolute Gasteiger partial charge is 0.259 e. The number of carbonyl (C=O) groups excluding carboxylic acids is 2. The van der Waals surface area contributed by atoms with Gasteiger partial charge in [0, 0.05) is 17.5 Å². The standard InChI is InChI=1S/C19H22FN3O2/c1-4-11(2)23-18(13-5-6-13)16(10-21-23)19(25)22-17-9-14(20)7-8-15(17)12(3)24/h7-11,13H,4-6H2,1-3H3,(H,22,25)/t11-/m1/s1. The second kappa shape index (κ2) is 6.78. The lowest BCUT2D eigenvalue weighted by molar-refractivity contribution is 0.101. The van der Waals surface area contributed by atoms with Crippen LogP contribution in [0.15, 0.2) is 24.4 Å². The van der Waals surface area contributed by atoms with E-state index in [4.69, 9.17) is 0 Å². The molecule has 1 aliphatic carbocycles. The van der Waals surface area contributed by atoms with Crippen LogP contribution in [0, 0.1) is 5.82 Å². The molecule has 1 aromatic carbocycles. The highest BCUT2D eigenvalue weighted by Crippen LogP contribution is 2.42. The summed E-state index contributed by atoms with van der Waals surface area (Å²) >= 11 is 0. The molecule has 2 aromatic rings. The molecule has 0 aliphatic heterocycles. The number of Topliss-reactive ketones (excluding diaryl/α,β-unsaturated/α-hetero) is 1. The van der Waals surface area contributed by atoms with Crippen molar-refractivity contribution in [3.63, 3.8) is 0 Å². The van der Waals surface area contributed by atoms with Crippen LogP contribution >= 0.6 is 0 Å². The Balaban J connectivity index is 1.94. The van der Waals surface area contributed by atoms with Gasteiger partial charge in [0.15, 0.2) is 5.78 Å². The fourth-order valence-electron chi connectivity index (χ4n) is 2.95. The van der Waals surface area contributed by atoms with Crippen molar-refractivity contribution in [1.29, 1.82) is 0 Å². The first-order valence-corrected chi connectivity index (χ1v) is 8.61. The number of halogens is 1. The van der Waals surface area contributed by atoms with Gasteiger partial charge in [-0.2, -0.15) is 5.10 Å². The number of hydrogen-bond acceptors (Lipinski definition) is 3. The maximum atomic E-state index is 13.6. The lowest BCUT2D eigenvalue weighted by atomic mass is 10.1. The van der Waals surface area contributed by atoms with Crippen molar-refractivity contribution in [3.05, 3.63) is 47.0 Å². The minimum Gasteiger partial charge on any atom is -0.321 e. The van der Waals surface area contributed by atoms with Gasteiger partial charge >= 0.3 is 0 Å². The average Bonchev–Trinajstić information content (AvgIpc) is 3.31. The van der Waals surface area contributed by atoms with E-state index in [-0.39, 0.29) is 29.0 Å². The molecule has 1 fully saturated rings. The Hall–Kier alpha value is -2.50. The molecule has 0 bridgehead atoms. The minimum atomic E-state index is -0.502. The average molecular weight is 343 g/mol.